The van der Waals surface area contributed by atoms with Crippen LogP contribution >= 0.6 is 0 Å². The molecule has 32 heavy (non-hydrogen) atoms. The summed E-state index contributed by atoms with van der Waals surface area (Å²) in [5, 5.41) is 29.7. The zero-order valence-corrected chi connectivity index (χ0v) is 17.0. The van der Waals surface area contributed by atoms with Crippen LogP contribution in [0, 0.1) is 0 Å². The van der Waals surface area contributed by atoms with Crippen molar-refractivity contribution in [3.05, 3.63) is 70.9 Å². The number of allylic oxidation sites excluding steroid dienone is 1. The lowest BCUT2D eigenvalue weighted by atomic mass is 10.0. The van der Waals surface area contributed by atoms with Gasteiger partial charge in [-0.3, -0.25) is 0 Å². The van der Waals surface area contributed by atoms with Gasteiger partial charge in [-0.05, 0) is 60.5 Å². The molecule has 2 aliphatic rings. The smallest absolute Gasteiger partial charge is 0.337 e. The topological polar surface area (TPSA) is 120 Å². The van der Waals surface area contributed by atoms with E-state index in [0.717, 1.165) is 27.7 Å². The van der Waals surface area contributed by atoms with Crippen molar-refractivity contribution in [2.24, 2.45) is 0 Å². The molecule has 1 aliphatic carbocycles. The molecule has 3 N–H and O–H groups in total. The van der Waals surface area contributed by atoms with Crippen LogP contribution in [0.25, 0.3) is 16.6 Å². The van der Waals surface area contributed by atoms with Crippen LogP contribution < -0.4 is 4.90 Å². The fourth-order valence-corrected chi connectivity index (χ4v) is 4.78. The number of benzene rings is 2. The largest absolute Gasteiger partial charge is 0.480 e. The lowest BCUT2D eigenvalue weighted by Crippen LogP contribution is -2.37. The molecule has 2 heterocycles. The molecule has 1 aromatic heterocycles. The van der Waals surface area contributed by atoms with Gasteiger partial charge in [-0.2, -0.15) is 0 Å². The highest BCUT2D eigenvalue weighted by Crippen LogP contribution is 2.38. The van der Waals surface area contributed by atoms with Crippen molar-refractivity contribution < 1.29 is 29.7 Å². The summed E-state index contributed by atoms with van der Waals surface area (Å²) in [5.74, 6) is -3.08. The number of anilines is 1. The molecule has 3 aromatic rings. The highest BCUT2D eigenvalue weighted by molar-refractivity contribution is 5.99. The van der Waals surface area contributed by atoms with E-state index in [1.54, 1.807) is 35.2 Å². The van der Waals surface area contributed by atoms with Gasteiger partial charge in [0.2, 0.25) is 0 Å². The molecule has 8 nitrogen and oxygen atoms in total. The summed E-state index contributed by atoms with van der Waals surface area (Å²) in [6, 6.07) is 9.45. The SMILES string of the molecule is O=C(O)c1ccc2ccn(C3=CCc4cc(N5CCCC5C(=O)O)c(C(=O)O)cc43)c2c1. The van der Waals surface area contributed by atoms with Crippen LogP contribution in [0.4, 0.5) is 5.69 Å². The van der Waals surface area contributed by atoms with Crippen LogP contribution in [0.1, 0.15) is 44.7 Å². The van der Waals surface area contributed by atoms with Crippen molar-refractivity contribution in [1.82, 2.24) is 4.57 Å². The maximum atomic E-state index is 12.1. The van der Waals surface area contributed by atoms with Crippen molar-refractivity contribution in [2.75, 3.05) is 11.4 Å². The van der Waals surface area contributed by atoms with Gasteiger partial charge < -0.3 is 24.8 Å². The van der Waals surface area contributed by atoms with Gasteiger partial charge in [0.1, 0.15) is 6.04 Å². The normalized spacial score (nSPS) is 17.4. The Morgan fingerprint density at radius 2 is 1.78 bits per heavy atom. The van der Waals surface area contributed by atoms with E-state index in [9.17, 15) is 29.7 Å². The molecule has 8 heteroatoms. The predicted octanol–water partition coefficient (Wildman–Crippen LogP) is 3.54. The molecule has 1 unspecified atom stereocenters. The Kier molecular flexibility index (Phi) is 4.51. The molecule has 0 amide bonds. The zero-order valence-electron chi connectivity index (χ0n) is 17.0. The number of rotatable bonds is 5. The molecule has 0 saturated carbocycles. The molecule has 1 saturated heterocycles. The first-order chi connectivity index (χ1) is 15.3. The first-order valence-corrected chi connectivity index (χ1v) is 10.3. The van der Waals surface area contributed by atoms with E-state index in [0.29, 0.717) is 31.5 Å². The first-order valence-electron chi connectivity index (χ1n) is 10.3. The second-order valence-electron chi connectivity index (χ2n) is 8.08. The van der Waals surface area contributed by atoms with Crippen molar-refractivity contribution in [3.8, 4) is 0 Å². The Morgan fingerprint density at radius 1 is 0.969 bits per heavy atom. The number of hydrogen-bond donors (Lipinski definition) is 3. The summed E-state index contributed by atoms with van der Waals surface area (Å²) in [4.78, 5) is 36.9. The molecule has 2 aromatic carbocycles. The summed E-state index contributed by atoms with van der Waals surface area (Å²) < 4.78 is 1.87. The Morgan fingerprint density at radius 3 is 2.50 bits per heavy atom. The molecule has 1 atom stereocenters. The third-order valence-electron chi connectivity index (χ3n) is 6.29. The maximum absolute atomic E-state index is 12.1. The van der Waals surface area contributed by atoms with E-state index in [4.69, 9.17) is 0 Å². The zero-order chi connectivity index (χ0) is 22.6. The summed E-state index contributed by atoms with van der Waals surface area (Å²) in [6.07, 6.45) is 5.56. The van der Waals surface area contributed by atoms with Crippen molar-refractivity contribution in [3.63, 3.8) is 0 Å². The third kappa shape index (κ3) is 3.03. The van der Waals surface area contributed by atoms with Crippen LogP contribution in [-0.4, -0.2) is 50.4 Å². The maximum Gasteiger partial charge on any atom is 0.337 e. The lowest BCUT2D eigenvalue weighted by molar-refractivity contribution is -0.138. The van der Waals surface area contributed by atoms with Gasteiger partial charge in [-0.1, -0.05) is 12.1 Å². The van der Waals surface area contributed by atoms with E-state index in [-0.39, 0.29) is 11.1 Å². The Hall–Kier alpha value is -4.07. The van der Waals surface area contributed by atoms with Gasteiger partial charge in [0, 0.05) is 24.0 Å². The molecular weight excluding hydrogens is 412 g/mol. The fraction of sp³-hybridized carbons (Fsp3) is 0.208. The minimum atomic E-state index is -1.12. The van der Waals surface area contributed by atoms with E-state index in [1.807, 2.05) is 22.9 Å². The summed E-state index contributed by atoms with van der Waals surface area (Å²) in [7, 11) is 0. The lowest BCUT2D eigenvalue weighted by Gasteiger charge is -2.26. The van der Waals surface area contributed by atoms with E-state index >= 15 is 0 Å². The quantitative estimate of drug-likeness (QED) is 0.564. The van der Waals surface area contributed by atoms with E-state index in [1.165, 1.54) is 0 Å². The highest BCUT2D eigenvalue weighted by atomic mass is 16.4. The van der Waals surface area contributed by atoms with Gasteiger partial charge in [0.15, 0.2) is 0 Å². The van der Waals surface area contributed by atoms with Gasteiger partial charge in [-0.15, -0.1) is 0 Å². The highest BCUT2D eigenvalue weighted by Gasteiger charge is 2.34. The minimum absolute atomic E-state index is 0.0624. The summed E-state index contributed by atoms with van der Waals surface area (Å²) >= 11 is 0. The molecule has 0 bridgehead atoms. The number of carbonyl (C=O) groups is 3. The van der Waals surface area contributed by atoms with E-state index < -0.39 is 23.9 Å². The minimum Gasteiger partial charge on any atom is -0.480 e. The number of carboxylic acid groups (broad SMARTS) is 3. The number of aromatic nitrogens is 1. The van der Waals surface area contributed by atoms with Gasteiger partial charge in [-0.25, -0.2) is 14.4 Å². The van der Waals surface area contributed by atoms with Crippen LogP contribution in [0.2, 0.25) is 0 Å². The molecule has 0 radical (unpaired) electrons. The number of hydrogen-bond acceptors (Lipinski definition) is 4. The molecule has 1 fully saturated rings. The number of aromatic carboxylic acids is 2. The summed E-state index contributed by atoms with van der Waals surface area (Å²) in [5.41, 5.74) is 3.82. The van der Waals surface area contributed by atoms with E-state index in [2.05, 4.69) is 0 Å². The van der Waals surface area contributed by atoms with Gasteiger partial charge in [0.05, 0.1) is 22.3 Å². The van der Waals surface area contributed by atoms with Gasteiger partial charge >= 0.3 is 17.9 Å². The third-order valence-corrected chi connectivity index (χ3v) is 6.29. The Balaban J connectivity index is 1.62. The number of nitrogens with zero attached hydrogens (tertiary/aromatic N) is 2. The monoisotopic (exact) mass is 432 g/mol. The Labute approximate surface area is 182 Å². The average molecular weight is 432 g/mol. The van der Waals surface area contributed by atoms with Crippen LogP contribution in [0.3, 0.4) is 0 Å². The van der Waals surface area contributed by atoms with Crippen molar-refractivity contribution in [2.45, 2.75) is 25.3 Å². The number of fused-ring (bicyclic) bond motifs is 2. The fourth-order valence-electron chi connectivity index (χ4n) is 4.78. The van der Waals surface area contributed by atoms with Gasteiger partial charge in [0.25, 0.3) is 0 Å². The number of aliphatic carboxylic acids is 1. The van der Waals surface area contributed by atoms with Crippen molar-refractivity contribution >= 4 is 40.2 Å². The van der Waals surface area contributed by atoms with Crippen LogP contribution in [0.5, 0.6) is 0 Å². The molecule has 1 aliphatic heterocycles. The van der Waals surface area contributed by atoms with Crippen molar-refractivity contribution in [1.29, 1.82) is 0 Å². The number of carboxylic acids is 3. The average Bonchev–Trinajstić information content (AvgIpc) is 3.49. The second-order valence-corrected chi connectivity index (χ2v) is 8.08. The molecule has 162 valence electrons. The van der Waals surface area contributed by atoms with Crippen LogP contribution in [-0.2, 0) is 11.2 Å². The predicted molar refractivity (Wildman–Crippen MR) is 117 cm³/mol. The first kappa shape index (κ1) is 19.9. The molecule has 5 rings (SSSR count). The Bertz CT molecular complexity index is 1340. The molecular formula is C24H20N2O6. The second kappa shape index (κ2) is 7.26. The summed E-state index contributed by atoms with van der Waals surface area (Å²) in [6.45, 7) is 0.497. The van der Waals surface area contributed by atoms with Crippen LogP contribution in [0.15, 0.2) is 48.7 Å². The standard InChI is InChI=1S/C24H20N2O6/c27-22(28)15-4-3-13-7-9-26(20(13)11-15)18-6-5-14-10-21(17(23(29)30)12-16(14)18)25-8-1-2-19(25)24(31)32/h3-4,6-7,9-12,19H,1-2,5,8H2,(H,27,28)(H,29,30)(H,31,32). The molecule has 0 spiro atoms.